The minimum atomic E-state index is -1.31. The Morgan fingerprint density at radius 1 is 1.21 bits per heavy atom. The number of carboxylic acid groups (broad SMARTS) is 1. The van der Waals surface area contributed by atoms with E-state index in [1.807, 2.05) is 30.3 Å². The first kappa shape index (κ1) is 21.3. The number of rotatable bonds is 7. The minimum absolute atomic E-state index is 0.172. The Bertz CT molecular complexity index is 1270. The molecule has 4 heterocycles. The van der Waals surface area contributed by atoms with Gasteiger partial charge in [-0.1, -0.05) is 18.2 Å². The Morgan fingerprint density at radius 3 is 2.76 bits per heavy atom. The number of para-hydroxylation sites is 1. The van der Waals surface area contributed by atoms with Gasteiger partial charge in [0, 0.05) is 17.6 Å². The molecule has 0 radical (unpaired) electrons. The third-order valence-corrected chi connectivity index (χ3v) is 5.77. The summed E-state index contributed by atoms with van der Waals surface area (Å²) in [6.45, 7) is -0.461. The van der Waals surface area contributed by atoms with Crippen LogP contribution >= 0.6 is 0 Å². The van der Waals surface area contributed by atoms with E-state index in [1.165, 1.54) is 17.2 Å². The third-order valence-electron chi connectivity index (χ3n) is 5.77. The van der Waals surface area contributed by atoms with E-state index in [0.717, 1.165) is 16.6 Å². The second-order valence-electron chi connectivity index (χ2n) is 7.90. The number of fused-ring (bicyclic) bond motifs is 2. The van der Waals surface area contributed by atoms with Gasteiger partial charge in [-0.2, -0.15) is 0 Å². The average Bonchev–Trinajstić information content (AvgIpc) is 3.49. The van der Waals surface area contributed by atoms with Crippen LogP contribution in [-0.4, -0.2) is 81.9 Å². The second-order valence-corrected chi connectivity index (χ2v) is 7.90. The lowest BCUT2D eigenvalue weighted by Gasteiger charge is -2.17. The van der Waals surface area contributed by atoms with Crippen molar-refractivity contribution in [1.29, 1.82) is 0 Å². The highest BCUT2D eigenvalue weighted by atomic mass is 16.6. The van der Waals surface area contributed by atoms with E-state index in [0.29, 0.717) is 0 Å². The van der Waals surface area contributed by atoms with Crippen molar-refractivity contribution >= 4 is 33.9 Å². The third kappa shape index (κ3) is 3.78. The summed E-state index contributed by atoms with van der Waals surface area (Å²) in [5.41, 5.74) is 2.21. The number of aromatic amines is 1. The standard InChI is InChI=1S/C21H22N6O6/c28-7-14-16(29)17(30)20(33-14)27-9-24-15-18(22-8-23-19(15)27)26-13(21(31)32)6-11-5-10-3-1-2-4-12(10)25-11/h1-5,8-9,13-14,16-17,20,25,28-30H,6-7H2,(H,31,32)(H,22,23,26)/t13-,14-,16-,17-,20-/m1/s1. The lowest BCUT2D eigenvalue weighted by molar-refractivity contribution is -0.137. The zero-order valence-electron chi connectivity index (χ0n) is 17.2. The zero-order valence-corrected chi connectivity index (χ0v) is 17.2. The van der Waals surface area contributed by atoms with Crippen LogP contribution in [0, 0.1) is 0 Å². The van der Waals surface area contributed by atoms with Crippen LogP contribution in [0.15, 0.2) is 43.0 Å². The van der Waals surface area contributed by atoms with Crippen LogP contribution in [0.2, 0.25) is 0 Å². The van der Waals surface area contributed by atoms with Crippen molar-refractivity contribution in [3.8, 4) is 0 Å². The number of carboxylic acids is 1. The first-order valence-electron chi connectivity index (χ1n) is 10.3. The lowest BCUT2D eigenvalue weighted by atomic mass is 10.1. The van der Waals surface area contributed by atoms with Gasteiger partial charge < -0.3 is 35.5 Å². The van der Waals surface area contributed by atoms with Gasteiger partial charge in [-0.05, 0) is 17.5 Å². The van der Waals surface area contributed by atoms with Crippen LogP contribution in [0.4, 0.5) is 5.82 Å². The molecule has 12 heteroatoms. The van der Waals surface area contributed by atoms with Gasteiger partial charge in [0.05, 0.1) is 12.9 Å². The molecule has 1 fully saturated rings. The van der Waals surface area contributed by atoms with Gasteiger partial charge in [0.15, 0.2) is 23.2 Å². The molecule has 0 saturated carbocycles. The molecule has 3 aromatic heterocycles. The quantitative estimate of drug-likeness (QED) is 0.223. The number of aromatic nitrogens is 5. The van der Waals surface area contributed by atoms with Crippen molar-refractivity contribution in [2.75, 3.05) is 11.9 Å². The van der Waals surface area contributed by atoms with E-state index in [-0.39, 0.29) is 23.4 Å². The van der Waals surface area contributed by atoms with Gasteiger partial charge >= 0.3 is 5.97 Å². The molecule has 1 saturated heterocycles. The number of nitrogens with zero attached hydrogens (tertiary/aromatic N) is 4. The first-order chi connectivity index (χ1) is 16.0. The molecular formula is C21H22N6O6. The molecule has 0 spiro atoms. The number of ether oxygens (including phenoxy) is 1. The van der Waals surface area contributed by atoms with Crippen LogP contribution in [0.1, 0.15) is 11.9 Å². The molecule has 12 nitrogen and oxygen atoms in total. The predicted octanol–water partition coefficient (Wildman–Crippen LogP) is 0.0269. The van der Waals surface area contributed by atoms with E-state index < -0.39 is 43.2 Å². The monoisotopic (exact) mass is 454 g/mol. The summed E-state index contributed by atoms with van der Waals surface area (Å²) in [5.74, 6) is -0.864. The number of benzene rings is 1. The van der Waals surface area contributed by atoms with E-state index in [2.05, 4.69) is 25.3 Å². The molecule has 0 unspecified atom stereocenters. The molecule has 1 aromatic carbocycles. The Kier molecular flexibility index (Phi) is 5.42. The number of anilines is 1. The fourth-order valence-corrected chi connectivity index (χ4v) is 4.08. The first-order valence-corrected chi connectivity index (χ1v) is 10.3. The smallest absolute Gasteiger partial charge is 0.326 e. The zero-order chi connectivity index (χ0) is 23.1. The number of aliphatic carboxylic acids is 1. The Balaban J connectivity index is 1.42. The molecule has 0 amide bonds. The van der Waals surface area contributed by atoms with Crippen molar-refractivity contribution in [1.82, 2.24) is 24.5 Å². The van der Waals surface area contributed by atoms with Crippen molar-refractivity contribution in [2.24, 2.45) is 0 Å². The maximum absolute atomic E-state index is 12.0. The molecule has 172 valence electrons. The molecule has 33 heavy (non-hydrogen) atoms. The number of H-pyrrole nitrogens is 1. The summed E-state index contributed by atoms with van der Waals surface area (Å²) in [6.07, 6.45) is -1.78. The summed E-state index contributed by atoms with van der Waals surface area (Å²) in [4.78, 5) is 27.8. The highest BCUT2D eigenvalue weighted by molar-refractivity contribution is 5.86. The SMILES string of the molecule is O=C(O)[C@@H](Cc1cc2ccccc2[nH]1)Nc1ncnc2c1ncn2[C@@H]1O[C@H](CO)[C@@H](O)[C@H]1O. The molecule has 0 aliphatic carbocycles. The summed E-state index contributed by atoms with van der Waals surface area (Å²) in [5, 5.41) is 43.4. The number of aliphatic hydroxyl groups is 3. The second kappa shape index (κ2) is 8.41. The van der Waals surface area contributed by atoms with Crippen LogP contribution in [-0.2, 0) is 16.0 Å². The predicted molar refractivity (Wildman–Crippen MR) is 115 cm³/mol. The number of carbonyl (C=O) groups is 1. The van der Waals surface area contributed by atoms with Gasteiger partial charge in [0.25, 0.3) is 0 Å². The molecule has 4 aromatic rings. The molecule has 1 aliphatic rings. The Labute approximate surface area is 186 Å². The average molecular weight is 454 g/mol. The van der Waals surface area contributed by atoms with Crippen molar-refractivity contribution < 1.29 is 30.0 Å². The van der Waals surface area contributed by atoms with Gasteiger partial charge in [-0.15, -0.1) is 0 Å². The summed E-state index contributed by atoms with van der Waals surface area (Å²) in [7, 11) is 0. The molecule has 5 atom stereocenters. The lowest BCUT2D eigenvalue weighted by Crippen LogP contribution is -2.33. The summed E-state index contributed by atoms with van der Waals surface area (Å²) < 4.78 is 6.96. The maximum Gasteiger partial charge on any atom is 0.326 e. The van der Waals surface area contributed by atoms with Crippen LogP contribution in [0.5, 0.6) is 0 Å². The van der Waals surface area contributed by atoms with Crippen molar-refractivity contribution in [2.45, 2.75) is 37.0 Å². The van der Waals surface area contributed by atoms with E-state index >= 15 is 0 Å². The van der Waals surface area contributed by atoms with Crippen LogP contribution < -0.4 is 5.32 Å². The Hall–Kier alpha value is -3.58. The van der Waals surface area contributed by atoms with Crippen molar-refractivity contribution in [3.05, 3.63) is 48.7 Å². The number of imidazole rings is 1. The Morgan fingerprint density at radius 2 is 2.03 bits per heavy atom. The molecule has 6 N–H and O–H groups in total. The minimum Gasteiger partial charge on any atom is -0.480 e. The highest BCUT2D eigenvalue weighted by Gasteiger charge is 2.44. The summed E-state index contributed by atoms with van der Waals surface area (Å²) in [6, 6.07) is 8.57. The number of hydrogen-bond donors (Lipinski definition) is 6. The maximum atomic E-state index is 12.0. The molecule has 0 bridgehead atoms. The molecule has 5 rings (SSSR count). The topological polar surface area (TPSA) is 179 Å². The fourth-order valence-electron chi connectivity index (χ4n) is 4.08. The number of aliphatic hydroxyl groups excluding tert-OH is 3. The summed E-state index contributed by atoms with van der Waals surface area (Å²) >= 11 is 0. The normalized spacial score (nSPS) is 23.8. The van der Waals surface area contributed by atoms with Gasteiger partial charge in [-0.3, -0.25) is 4.57 Å². The molecular weight excluding hydrogens is 432 g/mol. The van der Waals surface area contributed by atoms with E-state index in [4.69, 9.17) is 4.74 Å². The largest absolute Gasteiger partial charge is 0.480 e. The highest BCUT2D eigenvalue weighted by Crippen LogP contribution is 2.32. The van der Waals surface area contributed by atoms with E-state index in [9.17, 15) is 25.2 Å². The van der Waals surface area contributed by atoms with Crippen molar-refractivity contribution in [3.63, 3.8) is 0 Å². The fraction of sp³-hybridized carbons (Fsp3) is 0.333. The van der Waals surface area contributed by atoms with Gasteiger partial charge in [-0.25, -0.2) is 19.7 Å². The van der Waals surface area contributed by atoms with Crippen LogP contribution in [0.25, 0.3) is 22.1 Å². The van der Waals surface area contributed by atoms with Crippen LogP contribution in [0.3, 0.4) is 0 Å². The van der Waals surface area contributed by atoms with E-state index in [1.54, 1.807) is 0 Å². The van der Waals surface area contributed by atoms with Gasteiger partial charge in [0.2, 0.25) is 0 Å². The van der Waals surface area contributed by atoms with Gasteiger partial charge in [0.1, 0.15) is 30.7 Å². The number of hydrogen-bond acceptors (Lipinski definition) is 9. The number of nitrogens with one attached hydrogen (secondary N) is 2. The molecule has 1 aliphatic heterocycles.